The number of hydrogen-bond acceptors (Lipinski definition) is 4. The standard InChI is InChI=1S/C18H15Cl2N3O3/c1-9(21-18(25)12-4-3-5-13(19)16(12)20)17(24)23-11-6-7-15-14(8-11)22-10(2)26-15/h3-9H,1-2H3,(H,21,25)(H,23,24). The second kappa shape index (κ2) is 7.35. The first kappa shape index (κ1) is 18.2. The van der Waals surface area contributed by atoms with Crippen LogP contribution >= 0.6 is 23.2 Å². The fraction of sp³-hybridized carbons (Fsp3) is 0.167. The molecule has 0 radical (unpaired) electrons. The summed E-state index contributed by atoms with van der Waals surface area (Å²) < 4.78 is 5.39. The molecule has 8 heteroatoms. The maximum absolute atomic E-state index is 12.3. The molecule has 1 atom stereocenters. The fourth-order valence-electron chi connectivity index (χ4n) is 2.39. The van der Waals surface area contributed by atoms with Crippen LogP contribution in [0.25, 0.3) is 11.1 Å². The van der Waals surface area contributed by atoms with E-state index in [0.717, 1.165) is 0 Å². The van der Waals surface area contributed by atoms with Gasteiger partial charge in [0.2, 0.25) is 5.91 Å². The molecule has 0 aliphatic carbocycles. The maximum Gasteiger partial charge on any atom is 0.253 e. The molecule has 3 rings (SSSR count). The van der Waals surface area contributed by atoms with Gasteiger partial charge in [0, 0.05) is 12.6 Å². The fourth-order valence-corrected chi connectivity index (χ4v) is 2.78. The number of rotatable bonds is 4. The van der Waals surface area contributed by atoms with E-state index in [-0.39, 0.29) is 21.5 Å². The lowest BCUT2D eigenvalue weighted by atomic mass is 10.2. The van der Waals surface area contributed by atoms with Gasteiger partial charge in [-0.3, -0.25) is 9.59 Å². The number of anilines is 1. The number of benzene rings is 2. The van der Waals surface area contributed by atoms with Crippen LogP contribution < -0.4 is 10.6 Å². The van der Waals surface area contributed by atoms with Crippen molar-refractivity contribution in [2.75, 3.05) is 5.32 Å². The lowest BCUT2D eigenvalue weighted by Gasteiger charge is -2.15. The van der Waals surface area contributed by atoms with Crippen molar-refractivity contribution in [3.63, 3.8) is 0 Å². The molecule has 0 aliphatic rings. The number of halogens is 2. The van der Waals surface area contributed by atoms with Crippen LogP contribution in [0.3, 0.4) is 0 Å². The first-order valence-corrected chi connectivity index (χ1v) is 8.53. The number of amides is 2. The predicted octanol–water partition coefficient (Wildman–Crippen LogP) is 4.20. The molecule has 0 spiro atoms. The lowest BCUT2D eigenvalue weighted by Crippen LogP contribution is -2.41. The van der Waals surface area contributed by atoms with Gasteiger partial charge >= 0.3 is 0 Å². The summed E-state index contributed by atoms with van der Waals surface area (Å²) in [4.78, 5) is 28.9. The molecular formula is C18H15Cl2N3O3. The molecule has 1 heterocycles. The van der Waals surface area contributed by atoms with E-state index in [9.17, 15) is 9.59 Å². The van der Waals surface area contributed by atoms with Crippen LogP contribution in [0.15, 0.2) is 40.8 Å². The molecule has 1 unspecified atom stereocenters. The average Bonchev–Trinajstić information content (AvgIpc) is 2.96. The van der Waals surface area contributed by atoms with E-state index in [1.54, 1.807) is 44.2 Å². The van der Waals surface area contributed by atoms with Gasteiger partial charge < -0.3 is 15.1 Å². The molecule has 0 saturated carbocycles. The largest absolute Gasteiger partial charge is 0.441 e. The number of aryl methyl sites for hydroxylation is 1. The molecular weight excluding hydrogens is 377 g/mol. The van der Waals surface area contributed by atoms with Gasteiger partial charge in [0.15, 0.2) is 11.5 Å². The van der Waals surface area contributed by atoms with Crippen LogP contribution in [-0.2, 0) is 4.79 Å². The average molecular weight is 392 g/mol. The van der Waals surface area contributed by atoms with Crippen LogP contribution in [0.4, 0.5) is 5.69 Å². The number of fused-ring (bicyclic) bond motifs is 1. The second-order valence-electron chi connectivity index (χ2n) is 5.70. The van der Waals surface area contributed by atoms with Crippen molar-refractivity contribution in [2.45, 2.75) is 19.9 Å². The molecule has 0 fully saturated rings. The van der Waals surface area contributed by atoms with Crippen molar-refractivity contribution in [1.82, 2.24) is 10.3 Å². The van der Waals surface area contributed by atoms with Gasteiger partial charge in [0.25, 0.3) is 5.91 Å². The number of carbonyl (C=O) groups is 2. The smallest absolute Gasteiger partial charge is 0.253 e. The van der Waals surface area contributed by atoms with E-state index >= 15 is 0 Å². The zero-order chi connectivity index (χ0) is 18.8. The summed E-state index contributed by atoms with van der Waals surface area (Å²) in [6.45, 7) is 3.32. The van der Waals surface area contributed by atoms with Crippen molar-refractivity contribution >= 4 is 51.8 Å². The number of carbonyl (C=O) groups excluding carboxylic acids is 2. The summed E-state index contributed by atoms with van der Waals surface area (Å²) in [7, 11) is 0. The van der Waals surface area contributed by atoms with E-state index in [0.29, 0.717) is 22.7 Å². The summed E-state index contributed by atoms with van der Waals surface area (Å²) in [5.41, 5.74) is 2.04. The Morgan fingerprint density at radius 1 is 1.19 bits per heavy atom. The van der Waals surface area contributed by atoms with Crippen molar-refractivity contribution in [3.8, 4) is 0 Å². The molecule has 26 heavy (non-hydrogen) atoms. The molecule has 134 valence electrons. The molecule has 1 aromatic heterocycles. The van der Waals surface area contributed by atoms with Crippen molar-refractivity contribution in [1.29, 1.82) is 0 Å². The zero-order valence-corrected chi connectivity index (χ0v) is 15.5. The Balaban J connectivity index is 1.68. The van der Waals surface area contributed by atoms with Crippen LogP contribution in [0.5, 0.6) is 0 Å². The molecule has 6 nitrogen and oxygen atoms in total. The number of nitrogens with zero attached hydrogens (tertiary/aromatic N) is 1. The van der Waals surface area contributed by atoms with Gasteiger partial charge in [-0.15, -0.1) is 0 Å². The third-order valence-corrected chi connectivity index (χ3v) is 4.52. The van der Waals surface area contributed by atoms with Gasteiger partial charge in [-0.1, -0.05) is 29.3 Å². The van der Waals surface area contributed by atoms with Crippen molar-refractivity contribution < 1.29 is 14.0 Å². The third-order valence-electron chi connectivity index (χ3n) is 3.70. The Hall–Kier alpha value is -2.57. The Labute approximate surface area is 159 Å². The van der Waals surface area contributed by atoms with Crippen LogP contribution in [0, 0.1) is 6.92 Å². The molecule has 0 aliphatic heterocycles. The second-order valence-corrected chi connectivity index (χ2v) is 6.49. The van der Waals surface area contributed by atoms with Crippen molar-refractivity contribution in [3.05, 3.63) is 57.9 Å². The first-order chi connectivity index (χ1) is 12.3. The molecule has 2 N–H and O–H groups in total. The van der Waals surface area contributed by atoms with E-state index < -0.39 is 11.9 Å². The van der Waals surface area contributed by atoms with Crippen LogP contribution in [0.1, 0.15) is 23.2 Å². The normalized spacial score (nSPS) is 12.0. The van der Waals surface area contributed by atoms with Crippen LogP contribution in [0.2, 0.25) is 10.0 Å². The summed E-state index contributed by atoms with van der Waals surface area (Å²) in [6, 6.07) is 9.07. The van der Waals surface area contributed by atoms with E-state index in [4.69, 9.17) is 27.6 Å². The topological polar surface area (TPSA) is 84.2 Å². The minimum absolute atomic E-state index is 0.145. The Bertz CT molecular complexity index is 1000. The number of hydrogen-bond donors (Lipinski definition) is 2. The molecule has 2 aromatic carbocycles. The highest BCUT2D eigenvalue weighted by molar-refractivity contribution is 6.43. The SMILES string of the molecule is Cc1nc2cc(NC(=O)C(C)NC(=O)c3cccc(Cl)c3Cl)ccc2o1. The monoisotopic (exact) mass is 391 g/mol. The third kappa shape index (κ3) is 3.81. The Morgan fingerprint density at radius 3 is 2.73 bits per heavy atom. The minimum Gasteiger partial charge on any atom is -0.441 e. The van der Waals surface area contributed by atoms with Gasteiger partial charge in [-0.2, -0.15) is 0 Å². The quantitative estimate of drug-likeness (QED) is 0.697. The summed E-state index contributed by atoms with van der Waals surface area (Å²) in [5.74, 6) is -0.318. The molecule has 2 amide bonds. The first-order valence-electron chi connectivity index (χ1n) is 7.78. The summed E-state index contributed by atoms with van der Waals surface area (Å²) >= 11 is 11.9. The van der Waals surface area contributed by atoms with E-state index in [1.807, 2.05) is 0 Å². The van der Waals surface area contributed by atoms with E-state index in [1.165, 1.54) is 6.07 Å². The number of oxazole rings is 1. The Morgan fingerprint density at radius 2 is 1.96 bits per heavy atom. The maximum atomic E-state index is 12.3. The van der Waals surface area contributed by atoms with Gasteiger partial charge in [-0.05, 0) is 37.3 Å². The van der Waals surface area contributed by atoms with E-state index in [2.05, 4.69) is 15.6 Å². The highest BCUT2D eigenvalue weighted by Crippen LogP contribution is 2.25. The van der Waals surface area contributed by atoms with Crippen molar-refractivity contribution in [2.24, 2.45) is 0 Å². The van der Waals surface area contributed by atoms with Gasteiger partial charge in [0.1, 0.15) is 11.6 Å². The molecule has 3 aromatic rings. The van der Waals surface area contributed by atoms with Gasteiger partial charge in [-0.25, -0.2) is 4.98 Å². The molecule has 0 bridgehead atoms. The Kier molecular flexibility index (Phi) is 5.15. The summed E-state index contributed by atoms with van der Waals surface area (Å²) in [5, 5.41) is 5.74. The number of aromatic nitrogens is 1. The summed E-state index contributed by atoms with van der Waals surface area (Å²) in [6.07, 6.45) is 0. The zero-order valence-electron chi connectivity index (χ0n) is 14.0. The highest BCUT2D eigenvalue weighted by Gasteiger charge is 2.19. The lowest BCUT2D eigenvalue weighted by molar-refractivity contribution is -0.117. The predicted molar refractivity (Wildman–Crippen MR) is 101 cm³/mol. The van der Waals surface area contributed by atoms with Gasteiger partial charge in [0.05, 0.1) is 15.6 Å². The minimum atomic E-state index is -0.785. The highest BCUT2D eigenvalue weighted by atomic mass is 35.5. The van der Waals surface area contributed by atoms with Crippen LogP contribution in [-0.4, -0.2) is 22.8 Å². The number of nitrogens with one attached hydrogen (secondary N) is 2. The molecule has 0 saturated heterocycles.